The molecule has 7 heteroatoms. The lowest BCUT2D eigenvalue weighted by molar-refractivity contribution is -0.153. The second-order valence-corrected chi connectivity index (χ2v) is 9.57. The molecule has 0 N–H and O–H groups in total. The average Bonchev–Trinajstić information content (AvgIpc) is 3.37. The van der Waals surface area contributed by atoms with Gasteiger partial charge >= 0.3 is 5.97 Å². The van der Waals surface area contributed by atoms with Crippen LogP contribution in [0.1, 0.15) is 49.4 Å². The second-order valence-electron chi connectivity index (χ2n) is 8.36. The molecule has 28 heavy (non-hydrogen) atoms. The van der Waals surface area contributed by atoms with E-state index in [0.717, 1.165) is 54.5 Å². The van der Waals surface area contributed by atoms with E-state index in [2.05, 4.69) is 23.6 Å². The highest BCUT2D eigenvalue weighted by Gasteiger charge is 2.42. The minimum atomic E-state index is -0.471. The molecule has 0 amide bonds. The number of fused-ring (bicyclic) bond motifs is 1. The maximum atomic E-state index is 12.5. The number of thiophene rings is 1. The third-order valence-corrected chi connectivity index (χ3v) is 7.26. The minimum Gasteiger partial charge on any atom is -0.466 e. The summed E-state index contributed by atoms with van der Waals surface area (Å²) in [6.45, 7) is 13.1. The van der Waals surface area contributed by atoms with Crippen molar-refractivity contribution in [2.45, 2.75) is 53.5 Å². The number of rotatable bonds is 5. The SMILES string of the molecule is CCOC(=O)C1(C)CCN(c2nc(CN3CCCC3)nc3sc(C)c(C)c23)C1. The summed E-state index contributed by atoms with van der Waals surface area (Å²) < 4.78 is 5.34. The Hall–Kier alpha value is -1.73. The molecule has 0 aromatic carbocycles. The van der Waals surface area contributed by atoms with E-state index in [-0.39, 0.29) is 5.97 Å². The smallest absolute Gasteiger partial charge is 0.313 e. The summed E-state index contributed by atoms with van der Waals surface area (Å²) in [6.07, 6.45) is 3.31. The van der Waals surface area contributed by atoms with Crippen molar-refractivity contribution in [3.05, 3.63) is 16.3 Å². The Balaban J connectivity index is 1.69. The number of likely N-dealkylation sites (tertiary alicyclic amines) is 1. The van der Waals surface area contributed by atoms with Crippen LogP contribution < -0.4 is 4.90 Å². The Morgan fingerprint density at radius 2 is 1.96 bits per heavy atom. The van der Waals surface area contributed by atoms with Crippen molar-refractivity contribution in [1.82, 2.24) is 14.9 Å². The first-order valence-corrected chi connectivity index (χ1v) is 11.1. The molecule has 2 aromatic heterocycles. The van der Waals surface area contributed by atoms with Crippen molar-refractivity contribution in [2.24, 2.45) is 5.41 Å². The fraction of sp³-hybridized carbons (Fsp3) is 0.667. The van der Waals surface area contributed by atoms with Gasteiger partial charge < -0.3 is 9.64 Å². The summed E-state index contributed by atoms with van der Waals surface area (Å²) in [7, 11) is 0. The first kappa shape index (κ1) is 19.6. The van der Waals surface area contributed by atoms with Crippen molar-refractivity contribution in [1.29, 1.82) is 0 Å². The minimum absolute atomic E-state index is 0.0988. The number of hydrogen-bond donors (Lipinski definition) is 0. The maximum absolute atomic E-state index is 12.5. The van der Waals surface area contributed by atoms with Gasteiger partial charge in [0.2, 0.25) is 0 Å². The zero-order valence-corrected chi connectivity index (χ0v) is 18.2. The Morgan fingerprint density at radius 1 is 1.21 bits per heavy atom. The number of nitrogens with zero attached hydrogens (tertiary/aromatic N) is 4. The molecule has 1 unspecified atom stereocenters. The van der Waals surface area contributed by atoms with Crippen LogP contribution in [0.25, 0.3) is 10.2 Å². The molecule has 4 heterocycles. The first-order chi connectivity index (χ1) is 13.4. The van der Waals surface area contributed by atoms with E-state index in [1.54, 1.807) is 11.3 Å². The van der Waals surface area contributed by atoms with Gasteiger partial charge in [-0.15, -0.1) is 11.3 Å². The molecule has 2 fully saturated rings. The van der Waals surface area contributed by atoms with Gasteiger partial charge in [0.15, 0.2) is 0 Å². The summed E-state index contributed by atoms with van der Waals surface area (Å²) in [5.41, 5.74) is 0.786. The molecule has 152 valence electrons. The number of esters is 1. The summed E-state index contributed by atoms with van der Waals surface area (Å²) >= 11 is 1.75. The largest absolute Gasteiger partial charge is 0.466 e. The summed E-state index contributed by atoms with van der Waals surface area (Å²) in [6, 6.07) is 0. The predicted octanol–water partition coefficient (Wildman–Crippen LogP) is 3.68. The van der Waals surface area contributed by atoms with Crippen LogP contribution >= 0.6 is 11.3 Å². The van der Waals surface area contributed by atoms with Gasteiger partial charge in [-0.05, 0) is 65.6 Å². The van der Waals surface area contributed by atoms with Crippen LogP contribution in [0.3, 0.4) is 0 Å². The lowest BCUT2D eigenvalue weighted by Gasteiger charge is -2.24. The average molecular weight is 403 g/mol. The van der Waals surface area contributed by atoms with Crippen molar-refractivity contribution in [3.8, 4) is 0 Å². The number of carbonyl (C=O) groups excluding carboxylic acids is 1. The van der Waals surface area contributed by atoms with Crippen LogP contribution in [0.2, 0.25) is 0 Å². The maximum Gasteiger partial charge on any atom is 0.313 e. The van der Waals surface area contributed by atoms with Crippen LogP contribution in [0, 0.1) is 19.3 Å². The summed E-state index contributed by atoms with van der Waals surface area (Å²) in [5, 5.41) is 1.15. The number of aromatic nitrogens is 2. The molecule has 1 atom stereocenters. The normalized spacial score (nSPS) is 23.1. The third-order valence-electron chi connectivity index (χ3n) is 6.16. The van der Waals surface area contributed by atoms with E-state index >= 15 is 0 Å². The molecule has 2 aliphatic rings. The Labute approximate surface area is 170 Å². The Bertz CT molecular complexity index is 890. The molecule has 6 nitrogen and oxygen atoms in total. The van der Waals surface area contributed by atoms with Crippen LogP contribution in [0.15, 0.2) is 0 Å². The predicted molar refractivity (Wildman–Crippen MR) is 113 cm³/mol. The molecule has 0 radical (unpaired) electrons. The standard InChI is InChI=1S/C21H30N4O2S/c1-5-27-20(26)21(4)8-11-25(13-21)18-17-14(2)15(3)28-19(17)23-16(22-18)12-24-9-6-7-10-24/h5-13H2,1-4H3. The Kier molecular flexibility index (Phi) is 5.31. The van der Waals surface area contributed by atoms with Gasteiger partial charge in [0.05, 0.1) is 24.0 Å². The Morgan fingerprint density at radius 3 is 2.68 bits per heavy atom. The third kappa shape index (κ3) is 3.50. The van der Waals surface area contributed by atoms with Crippen LogP contribution in [0.4, 0.5) is 5.82 Å². The molecule has 2 aromatic rings. The fourth-order valence-corrected chi connectivity index (χ4v) is 5.37. The summed E-state index contributed by atoms with van der Waals surface area (Å²) in [5.74, 6) is 1.79. The van der Waals surface area contributed by atoms with Gasteiger partial charge in [-0.2, -0.15) is 0 Å². The number of anilines is 1. The highest BCUT2D eigenvalue weighted by molar-refractivity contribution is 7.18. The fourth-order valence-electron chi connectivity index (χ4n) is 4.33. The monoisotopic (exact) mass is 402 g/mol. The van der Waals surface area contributed by atoms with Crippen LogP contribution in [-0.2, 0) is 16.1 Å². The molecule has 2 aliphatic heterocycles. The number of ether oxygens (including phenoxy) is 1. The van der Waals surface area contributed by atoms with Crippen molar-refractivity contribution in [3.63, 3.8) is 0 Å². The van der Waals surface area contributed by atoms with Gasteiger partial charge in [0.1, 0.15) is 16.5 Å². The van der Waals surface area contributed by atoms with Gasteiger partial charge in [-0.25, -0.2) is 9.97 Å². The van der Waals surface area contributed by atoms with E-state index in [9.17, 15) is 4.79 Å². The van der Waals surface area contributed by atoms with Crippen molar-refractivity contribution in [2.75, 3.05) is 37.7 Å². The molecule has 2 saturated heterocycles. The van der Waals surface area contributed by atoms with E-state index < -0.39 is 5.41 Å². The van der Waals surface area contributed by atoms with Gasteiger partial charge in [0, 0.05) is 18.0 Å². The number of aryl methyl sites for hydroxylation is 2. The highest BCUT2D eigenvalue weighted by atomic mass is 32.1. The summed E-state index contributed by atoms with van der Waals surface area (Å²) in [4.78, 5) is 29.5. The van der Waals surface area contributed by atoms with E-state index in [4.69, 9.17) is 14.7 Å². The first-order valence-electron chi connectivity index (χ1n) is 10.3. The molecule has 0 saturated carbocycles. The highest BCUT2D eigenvalue weighted by Crippen LogP contribution is 2.40. The molecule has 0 spiro atoms. The topological polar surface area (TPSA) is 58.6 Å². The lowest BCUT2D eigenvalue weighted by atomic mass is 9.90. The molecule has 4 rings (SSSR count). The second kappa shape index (κ2) is 7.59. The molecular weight excluding hydrogens is 372 g/mol. The van der Waals surface area contributed by atoms with E-state index in [1.165, 1.54) is 23.3 Å². The molecule has 0 aliphatic carbocycles. The van der Waals surface area contributed by atoms with Crippen molar-refractivity contribution < 1.29 is 9.53 Å². The lowest BCUT2D eigenvalue weighted by Crippen LogP contribution is -2.34. The van der Waals surface area contributed by atoms with Crippen LogP contribution in [0.5, 0.6) is 0 Å². The molecular formula is C21H30N4O2S. The van der Waals surface area contributed by atoms with Gasteiger partial charge in [-0.1, -0.05) is 0 Å². The van der Waals surface area contributed by atoms with Crippen molar-refractivity contribution >= 4 is 33.3 Å². The number of carbonyl (C=O) groups is 1. The quantitative estimate of drug-likeness (QED) is 0.711. The van der Waals surface area contributed by atoms with E-state index in [0.29, 0.717) is 13.2 Å². The van der Waals surface area contributed by atoms with Crippen LogP contribution in [-0.4, -0.2) is 53.6 Å². The number of hydrogen-bond acceptors (Lipinski definition) is 7. The van der Waals surface area contributed by atoms with Gasteiger partial charge in [0.25, 0.3) is 0 Å². The van der Waals surface area contributed by atoms with E-state index in [1.807, 2.05) is 13.8 Å². The molecule has 0 bridgehead atoms. The zero-order valence-electron chi connectivity index (χ0n) is 17.4. The zero-order chi connectivity index (χ0) is 19.9. The van der Waals surface area contributed by atoms with Gasteiger partial charge in [-0.3, -0.25) is 9.69 Å².